The van der Waals surface area contributed by atoms with Crippen molar-refractivity contribution in [3.05, 3.63) is 54.0 Å². The summed E-state index contributed by atoms with van der Waals surface area (Å²) in [6, 6.07) is 12.5. The minimum atomic E-state index is -3.82. The first kappa shape index (κ1) is 19.5. The van der Waals surface area contributed by atoms with Gasteiger partial charge in [-0.1, -0.05) is 49.7 Å². The molecule has 0 saturated heterocycles. The van der Waals surface area contributed by atoms with E-state index in [0.717, 1.165) is 11.8 Å². The van der Waals surface area contributed by atoms with Gasteiger partial charge in [0.25, 0.3) is 0 Å². The molecule has 8 heteroatoms. The predicted molar refractivity (Wildman–Crippen MR) is 108 cm³/mol. The van der Waals surface area contributed by atoms with E-state index in [1.54, 1.807) is 29.8 Å². The van der Waals surface area contributed by atoms with Crippen LogP contribution >= 0.6 is 11.3 Å². The summed E-state index contributed by atoms with van der Waals surface area (Å²) in [7, 11) is -3.82. The number of benzene rings is 2. The van der Waals surface area contributed by atoms with Gasteiger partial charge in [-0.15, -0.1) is 11.3 Å². The number of rotatable bonds is 8. The third-order valence-electron chi connectivity index (χ3n) is 4.13. The lowest BCUT2D eigenvalue weighted by Crippen LogP contribution is -2.38. The van der Waals surface area contributed by atoms with Gasteiger partial charge >= 0.3 is 0 Å². The highest BCUT2D eigenvalue weighted by molar-refractivity contribution is 7.89. The Morgan fingerprint density at radius 3 is 2.70 bits per heavy atom. The second-order valence-corrected chi connectivity index (χ2v) is 8.86. The maximum atomic E-state index is 13.3. The Balaban J connectivity index is 1.91. The number of hydrogen-bond acceptors (Lipinski definition) is 5. The topological polar surface area (TPSA) is 79.4 Å². The molecule has 0 bridgehead atoms. The van der Waals surface area contributed by atoms with Gasteiger partial charge in [-0.05, 0) is 17.9 Å². The first-order chi connectivity index (χ1) is 13.0. The van der Waals surface area contributed by atoms with Crippen molar-refractivity contribution < 1.29 is 13.2 Å². The van der Waals surface area contributed by atoms with E-state index in [2.05, 4.69) is 10.3 Å². The molecule has 0 atom stereocenters. The second kappa shape index (κ2) is 8.60. The molecule has 1 amide bonds. The van der Waals surface area contributed by atoms with Gasteiger partial charge in [-0.2, -0.15) is 4.31 Å². The standard InChI is InChI=1S/C19H21N3O3S2/c1-2-3-12-22(14-18(23)21-19-20-11-13-26-19)27(24,25)17-10-6-8-15-7-4-5-9-16(15)17/h4-11,13H,2-3,12,14H2,1H3,(H,20,21,23). The van der Waals surface area contributed by atoms with Crippen LogP contribution in [-0.2, 0) is 14.8 Å². The van der Waals surface area contributed by atoms with Crippen molar-refractivity contribution in [3.8, 4) is 0 Å². The number of hydrogen-bond donors (Lipinski definition) is 1. The van der Waals surface area contributed by atoms with Gasteiger partial charge in [0.1, 0.15) is 0 Å². The molecule has 0 aliphatic rings. The molecule has 0 radical (unpaired) electrons. The molecule has 3 rings (SSSR count). The van der Waals surface area contributed by atoms with Crippen LogP contribution in [0, 0.1) is 0 Å². The molecule has 1 N–H and O–H groups in total. The van der Waals surface area contributed by atoms with Crippen molar-refractivity contribution in [3.63, 3.8) is 0 Å². The number of nitrogens with zero attached hydrogens (tertiary/aromatic N) is 2. The SMILES string of the molecule is CCCCN(CC(=O)Nc1nccs1)S(=O)(=O)c1cccc2ccccc12. The van der Waals surface area contributed by atoms with E-state index in [1.807, 2.05) is 31.2 Å². The first-order valence-corrected chi connectivity index (χ1v) is 11.0. The van der Waals surface area contributed by atoms with Crippen LogP contribution in [0.2, 0.25) is 0 Å². The van der Waals surface area contributed by atoms with Crippen molar-refractivity contribution in [1.82, 2.24) is 9.29 Å². The van der Waals surface area contributed by atoms with E-state index >= 15 is 0 Å². The largest absolute Gasteiger partial charge is 0.301 e. The van der Waals surface area contributed by atoms with Crippen molar-refractivity contribution >= 4 is 43.2 Å². The summed E-state index contributed by atoms with van der Waals surface area (Å²) in [6.07, 6.45) is 3.09. The quantitative estimate of drug-likeness (QED) is 0.622. The lowest BCUT2D eigenvalue weighted by Gasteiger charge is -2.22. The predicted octanol–water partition coefficient (Wildman–Crippen LogP) is 3.73. The summed E-state index contributed by atoms with van der Waals surface area (Å²) in [5.41, 5.74) is 0. The van der Waals surface area contributed by atoms with E-state index in [1.165, 1.54) is 15.6 Å². The maximum absolute atomic E-state index is 13.3. The van der Waals surface area contributed by atoms with Crippen LogP contribution in [0.5, 0.6) is 0 Å². The molecule has 0 fully saturated rings. The number of sulfonamides is 1. The molecular formula is C19H21N3O3S2. The highest BCUT2D eigenvalue weighted by atomic mass is 32.2. The molecule has 0 aliphatic heterocycles. The van der Waals surface area contributed by atoms with Crippen LogP contribution in [0.25, 0.3) is 10.8 Å². The van der Waals surface area contributed by atoms with Gasteiger partial charge in [-0.3, -0.25) is 4.79 Å². The second-order valence-electron chi connectivity index (χ2n) is 6.05. The zero-order valence-corrected chi connectivity index (χ0v) is 16.6. The number of carbonyl (C=O) groups excluding carboxylic acids is 1. The Bertz CT molecular complexity index is 1010. The Labute approximate surface area is 162 Å². The number of carbonyl (C=O) groups is 1. The van der Waals surface area contributed by atoms with Crippen LogP contribution in [0.3, 0.4) is 0 Å². The van der Waals surface area contributed by atoms with Gasteiger partial charge in [0.15, 0.2) is 5.13 Å². The smallest absolute Gasteiger partial charge is 0.244 e. The fraction of sp³-hybridized carbons (Fsp3) is 0.263. The fourth-order valence-electron chi connectivity index (χ4n) is 2.78. The van der Waals surface area contributed by atoms with Crippen molar-refractivity contribution in [1.29, 1.82) is 0 Å². The van der Waals surface area contributed by atoms with E-state index in [9.17, 15) is 13.2 Å². The highest BCUT2D eigenvalue weighted by Crippen LogP contribution is 2.26. The lowest BCUT2D eigenvalue weighted by molar-refractivity contribution is -0.116. The number of unbranched alkanes of at least 4 members (excludes halogenated alkanes) is 1. The Kier molecular flexibility index (Phi) is 6.20. The van der Waals surface area contributed by atoms with Gasteiger partial charge < -0.3 is 5.32 Å². The van der Waals surface area contributed by atoms with Crippen molar-refractivity contribution in [2.75, 3.05) is 18.4 Å². The Morgan fingerprint density at radius 2 is 1.96 bits per heavy atom. The third kappa shape index (κ3) is 4.52. The summed E-state index contributed by atoms with van der Waals surface area (Å²) in [5.74, 6) is -0.398. The van der Waals surface area contributed by atoms with Crippen LogP contribution in [0.4, 0.5) is 5.13 Å². The zero-order chi connectivity index (χ0) is 19.3. The fourth-order valence-corrected chi connectivity index (χ4v) is 4.98. The van der Waals surface area contributed by atoms with Crippen LogP contribution in [0.15, 0.2) is 58.9 Å². The minimum absolute atomic E-state index is 0.221. The van der Waals surface area contributed by atoms with Crippen molar-refractivity contribution in [2.45, 2.75) is 24.7 Å². The van der Waals surface area contributed by atoms with Gasteiger partial charge in [0.2, 0.25) is 15.9 Å². The average molecular weight is 404 g/mol. The molecule has 0 unspecified atom stereocenters. The molecule has 3 aromatic rings. The van der Waals surface area contributed by atoms with Crippen LogP contribution in [0.1, 0.15) is 19.8 Å². The lowest BCUT2D eigenvalue weighted by atomic mass is 10.1. The van der Waals surface area contributed by atoms with E-state index < -0.39 is 15.9 Å². The summed E-state index contributed by atoms with van der Waals surface area (Å²) in [6.45, 7) is 2.02. The molecule has 2 aromatic carbocycles. The maximum Gasteiger partial charge on any atom is 0.244 e. The minimum Gasteiger partial charge on any atom is -0.301 e. The number of aromatic nitrogens is 1. The van der Waals surface area contributed by atoms with Crippen molar-refractivity contribution in [2.24, 2.45) is 0 Å². The number of fused-ring (bicyclic) bond motifs is 1. The number of thiazole rings is 1. The molecule has 1 heterocycles. The average Bonchev–Trinajstić information content (AvgIpc) is 3.17. The Hall–Kier alpha value is -2.29. The normalized spacial score (nSPS) is 11.8. The molecule has 0 spiro atoms. The van der Waals surface area contributed by atoms with Gasteiger partial charge in [-0.25, -0.2) is 13.4 Å². The summed E-state index contributed by atoms with van der Waals surface area (Å²) in [4.78, 5) is 16.6. The molecular weight excluding hydrogens is 382 g/mol. The molecule has 0 saturated carbocycles. The monoisotopic (exact) mass is 403 g/mol. The number of anilines is 1. The molecule has 0 aliphatic carbocycles. The highest BCUT2D eigenvalue weighted by Gasteiger charge is 2.28. The van der Waals surface area contributed by atoms with Gasteiger partial charge in [0, 0.05) is 23.5 Å². The summed E-state index contributed by atoms with van der Waals surface area (Å²) >= 11 is 1.29. The van der Waals surface area contributed by atoms with Gasteiger partial charge in [0.05, 0.1) is 11.4 Å². The molecule has 1 aromatic heterocycles. The summed E-state index contributed by atoms with van der Waals surface area (Å²) < 4.78 is 27.9. The van der Waals surface area contributed by atoms with E-state index in [4.69, 9.17) is 0 Å². The van der Waals surface area contributed by atoms with Crippen LogP contribution in [-0.4, -0.2) is 36.7 Å². The van der Waals surface area contributed by atoms with Crippen LogP contribution < -0.4 is 5.32 Å². The number of nitrogens with one attached hydrogen (secondary N) is 1. The van der Waals surface area contributed by atoms with E-state index in [0.29, 0.717) is 16.9 Å². The Morgan fingerprint density at radius 1 is 1.19 bits per heavy atom. The van der Waals surface area contributed by atoms with E-state index in [-0.39, 0.29) is 18.0 Å². The third-order valence-corrected chi connectivity index (χ3v) is 6.72. The zero-order valence-electron chi connectivity index (χ0n) is 15.0. The first-order valence-electron chi connectivity index (χ1n) is 8.69. The molecule has 6 nitrogen and oxygen atoms in total. The summed E-state index contributed by atoms with van der Waals surface area (Å²) in [5, 5.41) is 6.36. The number of amides is 1. The molecule has 142 valence electrons. The molecule has 27 heavy (non-hydrogen) atoms.